The molecule has 0 spiro atoms. The van der Waals surface area contributed by atoms with Crippen molar-refractivity contribution >= 4 is 15.7 Å². The van der Waals surface area contributed by atoms with Crippen molar-refractivity contribution in [3.8, 4) is 0 Å². The molecule has 122 valence electrons. The number of hydrogen-bond acceptors (Lipinski definition) is 6. The van der Waals surface area contributed by atoms with Gasteiger partial charge in [0, 0.05) is 32.7 Å². The monoisotopic (exact) mass is 319 g/mol. The maximum absolute atomic E-state index is 12.3. The number of nitrogens with one attached hydrogen (secondary N) is 1. The number of sulfone groups is 1. The van der Waals surface area contributed by atoms with Gasteiger partial charge in [-0.2, -0.15) is 0 Å². The first-order valence-electron chi connectivity index (χ1n) is 7.36. The average Bonchev–Trinajstić information content (AvgIpc) is 2.79. The fourth-order valence-corrected chi connectivity index (χ4v) is 4.64. The van der Waals surface area contributed by atoms with Crippen molar-refractivity contribution < 1.29 is 17.9 Å². The summed E-state index contributed by atoms with van der Waals surface area (Å²) in [6, 6.07) is -0.170. The van der Waals surface area contributed by atoms with Crippen molar-refractivity contribution in [1.82, 2.24) is 15.1 Å². The van der Waals surface area contributed by atoms with Gasteiger partial charge >= 0.3 is 0 Å². The van der Waals surface area contributed by atoms with Crippen LogP contribution in [0, 0.1) is 0 Å². The summed E-state index contributed by atoms with van der Waals surface area (Å²) < 4.78 is 28.6. The lowest BCUT2D eigenvalue weighted by Gasteiger charge is -2.34. The average molecular weight is 319 g/mol. The number of carbonyl (C=O) groups excluding carboxylic acids is 1. The molecule has 8 heteroatoms. The zero-order valence-corrected chi connectivity index (χ0v) is 13.6. The van der Waals surface area contributed by atoms with E-state index < -0.39 is 9.84 Å². The van der Waals surface area contributed by atoms with E-state index in [0.29, 0.717) is 19.6 Å². The van der Waals surface area contributed by atoms with Crippen molar-refractivity contribution in [2.75, 3.05) is 58.4 Å². The lowest BCUT2D eigenvalue weighted by Crippen LogP contribution is -2.50. The SMILES string of the molecule is CNCC1CN(CC(=O)N(C)C2CCS(=O)(=O)C2)CCO1. The van der Waals surface area contributed by atoms with Crippen molar-refractivity contribution in [3.05, 3.63) is 0 Å². The number of morpholine rings is 1. The van der Waals surface area contributed by atoms with Crippen LogP contribution in [0.5, 0.6) is 0 Å². The highest BCUT2D eigenvalue weighted by molar-refractivity contribution is 7.91. The molecule has 2 heterocycles. The van der Waals surface area contributed by atoms with Gasteiger partial charge in [-0.05, 0) is 13.5 Å². The summed E-state index contributed by atoms with van der Waals surface area (Å²) in [6.45, 7) is 3.19. The number of ether oxygens (including phenoxy) is 1. The van der Waals surface area contributed by atoms with Crippen LogP contribution in [0.15, 0.2) is 0 Å². The zero-order chi connectivity index (χ0) is 15.5. The largest absolute Gasteiger partial charge is 0.374 e. The van der Waals surface area contributed by atoms with Crippen LogP contribution < -0.4 is 5.32 Å². The Labute approximate surface area is 126 Å². The Kier molecular flexibility index (Phi) is 5.59. The molecule has 2 unspecified atom stereocenters. The van der Waals surface area contributed by atoms with Crippen molar-refractivity contribution in [3.63, 3.8) is 0 Å². The predicted octanol–water partition coefficient (Wildman–Crippen LogP) is -1.45. The standard InChI is InChI=1S/C13H25N3O4S/c1-14-7-12-8-16(4-5-20-12)9-13(17)15(2)11-3-6-21(18,19)10-11/h11-12,14H,3-10H2,1-2H3. The van der Waals surface area contributed by atoms with Gasteiger partial charge in [-0.3, -0.25) is 9.69 Å². The fraction of sp³-hybridized carbons (Fsp3) is 0.923. The highest BCUT2D eigenvalue weighted by Gasteiger charge is 2.33. The third-order valence-electron chi connectivity index (χ3n) is 4.16. The Morgan fingerprint density at radius 2 is 2.24 bits per heavy atom. The summed E-state index contributed by atoms with van der Waals surface area (Å²) >= 11 is 0. The van der Waals surface area contributed by atoms with Crippen molar-refractivity contribution in [1.29, 1.82) is 0 Å². The maximum atomic E-state index is 12.3. The van der Waals surface area contributed by atoms with Gasteiger partial charge in [0.05, 0.1) is 30.8 Å². The summed E-state index contributed by atoms with van der Waals surface area (Å²) in [5.41, 5.74) is 0. The molecule has 0 aromatic carbocycles. The first-order chi connectivity index (χ1) is 9.91. The first-order valence-corrected chi connectivity index (χ1v) is 9.18. The molecule has 1 amide bonds. The van der Waals surface area contributed by atoms with E-state index in [9.17, 15) is 13.2 Å². The third-order valence-corrected chi connectivity index (χ3v) is 5.91. The summed E-state index contributed by atoms with van der Waals surface area (Å²) in [6.07, 6.45) is 0.657. The van der Waals surface area contributed by atoms with Crippen LogP contribution in [-0.4, -0.2) is 94.7 Å². The Hall–Kier alpha value is -0.700. The molecule has 0 aromatic heterocycles. The van der Waals surface area contributed by atoms with E-state index in [-0.39, 0.29) is 29.6 Å². The zero-order valence-electron chi connectivity index (χ0n) is 12.7. The molecular formula is C13H25N3O4S. The summed E-state index contributed by atoms with van der Waals surface area (Å²) in [5.74, 6) is 0.278. The number of likely N-dealkylation sites (N-methyl/N-ethyl adjacent to an activating group) is 2. The molecule has 2 aliphatic heterocycles. The molecule has 7 nitrogen and oxygen atoms in total. The van der Waals surface area contributed by atoms with Gasteiger partial charge in [0.2, 0.25) is 5.91 Å². The van der Waals surface area contributed by atoms with Crippen LogP contribution in [0.2, 0.25) is 0 Å². The van der Waals surface area contributed by atoms with Gasteiger partial charge in [-0.15, -0.1) is 0 Å². The molecule has 21 heavy (non-hydrogen) atoms. The Morgan fingerprint density at radius 1 is 1.48 bits per heavy atom. The molecule has 0 bridgehead atoms. The van der Waals surface area contributed by atoms with E-state index in [0.717, 1.165) is 19.6 Å². The second kappa shape index (κ2) is 7.04. The minimum Gasteiger partial charge on any atom is -0.374 e. The second-order valence-electron chi connectivity index (χ2n) is 5.85. The topological polar surface area (TPSA) is 79.0 Å². The molecule has 0 aliphatic carbocycles. The molecule has 1 N–H and O–H groups in total. The van der Waals surface area contributed by atoms with Gasteiger partial charge in [-0.25, -0.2) is 8.42 Å². The Morgan fingerprint density at radius 3 is 2.86 bits per heavy atom. The van der Waals surface area contributed by atoms with E-state index in [1.807, 2.05) is 7.05 Å². The lowest BCUT2D eigenvalue weighted by atomic mass is 10.2. The Bertz CT molecular complexity index is 466. The van der Waals surface area contributed by atoms with Crippen LogP contribution >= 0.6 is 0 Å². The molecule has 2 fully saturated rings. The van der Waals surface area contributed by atoms with Crippen LogP contribution in [0.4, 0.5) is 0 Å². The van der Waals surface area contributed by atoms with Crippen molar-refractivity contribution in [2.24, 2.45) is 0 Å². The highest BCUT2D eigenvalue weighted by Crippen LogP contribution is 2.17. The van der Waals surface area contributed by atoms with E-state index in [2.05, 4.69) is 10.2 Å². The molecule has 0 saturated carbocycles. The van der Waals surface area contributed by atoms with E-state index in [1.54, 1.807) is 11.9 Å². The van der Waals surface area contributed by atoms with Gasteiger partial charge < -0.3 is 15.0 Å². The Balaban J connectivity index is 1.83. The normalized spacial score (nSPS) is 29.4. The predicted molar refractivity (Wildman–Crippen MR) is 79.9 cm³/mol. The fourth-order valence-electron chi connectivity index (χ4n) is 2.86. The van der Waals surface area contributed by atoms with Gasteiger partial charge in [-0.1, -0.05) is 0 Å². The summed E-state index contributed by atoms with van der Waals surface area (Å²) in [7, 11) is 0.625. The summed E-state index contributed by atoms with van der Waals surface area (Å²) in [5, 5.41) is 3.07. The quantitative estimate of drug-likeness (QED) is 0.668. The van der Waals surface area contributed by atoms with E-state index in [1.165, 1.54) is 0 Å². The number of rotatable bonds is 5. The van der Waals surface area contributed by atoms with Crippen LogP contribution in [-0.2, 0) is 19.4 Å². The van der Waals surface area contributed by atoms with Gasteiger partial charge in [0.25, 0.3) is 0 Å². The summed E-state index contributed by atoms with van der Waals surface area (Å²) in [4.78, 5) is 16.0. The smallest absolute Gasteiger partial charge is 0.236 e. The molecule has 0 aromatic rings. The molecular weight excluding hydrogens is 294 g/mol. The van der Waals surface area contributed by atoms with Gasteiger partial charge in [0.15, 0.2) is 9.84 Å². The molecule has 2 aliphatic rings. The first kappa shape index (κ1) is 16.7. The van der Waals surface area contributed by atoms with E-state index >= 15 is 0 Å². The van der Waals surface area contributed by atoms with Crippen molar-refractivity contribution in [2.45, 2.75) is 18.6 Å². The lowest BCUT2D eigenvalue weighted by molar-refractivity contribution is -0.134. The van der Waals surface area contributed by atoms with Crippen LogP contribution in [0.25, 0.3) is 0 Å². The number of nitrogens with zero attached hydrogens (tertiary/aromatic N) is 2. The molecule has 2 atom stereocenters. The molecule has 0 radical (unpaired) electrons. The number of carbonyl (C=O) groups is 1. The third kappa shape index (κ3) is 4.64. The van der Waals surface area contributed by atoms with Gasteiger partial charge in [0.1, 0.15) is 0 Å². The van der Waals surface area contributed by atoms with Crippen LogP contribution in [0.1, 0.15) is 6.42 Å². The number of amides is 1. The minimum absolute atomic E-state index is 0.0118. The second-order valence-corrected chi connectivity index (χ2v) is 8.08. The molecule has 2 rings (SSSR count). The van der Waals surface area contributed by atoms with E-state index in [4.69, 9.17) is 4.74 Å². The maximum Gasteiger partial charge on any atom is 0.236 e. The van der Waals surface area contributed by atoms with Crippen LogP contribution in [0.3, 0.4) is 0 Å². The molecule has 2 saturated heterocycles. The highest BCUT2D eigenvalue weighted by atomic mass is 32.2. The minimum atomic E-state index is -2.96. The number of hydrogen-bond donors (Lipinski definition) is 1.